The molecular weight excluding hydrogens is 202 g/mol. The van der Waals surface area contributed by atoms with E-state index in [1.165, 1.54) is 0 Å². The number of aliphatic hydroxyl groups is 1. The molecule has 0 bridgehead atoms. The van der Waals surface area contributed by atoms with Crippen LogP contribution in [-0.4, -0.2) is 11.0 Å². The SMILES string of the molecule is CC(C)=CC[C@]1(O)C(=O)Nc2ccccc21. The van der Waals surface area contributed by atoms with E-state index in [1.807, 2.05) is 32.1 Å². The van der Waals surface area contributed by atoms with Crippen molar-refractivity contribution in [1.82, 2.24) is 0 Å². The van der Waals surface area contributed by atoms with E-state index >= 15 is 0 Å². The average molecular weight is 217 g/mol. The summed E-state index contributed by atoms with van der Waals surface area (Å²) in [5.74, 6) is -0.341. The first-order chi connectivity index (χ1) is 7.54. The molecule has 2 N–H and O–H groups in total. The van der Waals surface area contributed by atoms with Gasteiger partial charge in [-0.05, 0) is 19.9 Å². The molecule has 0 spiro atoms. The number of anilines is 1. The van der Waals surface area contributed by atoms with Gasteiger partial charge in [0.2, 0.25) is 0 Å². The monoisotopic (exact) mass is 217 g/mol. The molecule has 0 fully saturated rings. The summed E-state index contributed by atoms with van der Waals surface area (Å²) in [5, 5.41) is 13.1. The highest BCUT2D eigenvalue weighted by atomic mass is 16.3. The van der Waals surface area contributed by atoms with Gasteiger partial charge in [0.15, 0.2) is 5.60 Å². The molecule has 1 amide bonds. The van der Waals surface area contributed by atoms with Crippen molar-refractivity contribution in [1.29, 1.82) is 0 Å². The van der Waals surface area contributed by atoms with E-state index in [1.54, 1.807) is 12.1 Å². The van der Waals surface area contributed by atoms with E-state index in [2.05, 4.69) is 5.32 Å². The van der Waals surface area contributed by atoms with Gasteiger partial charge in [-0.15, -0.1) is 0 Å². The molecule has 84 valence electrons. The quantitative estimate of drug-likeness (QED) is 0.746. The van der Waals surface area contributed by atoms with Gasteiger partial charge >= 0.3 is 0 Å². The van der Waals surface area contributed by atoms with Gasteiger partial charge in [0.25, 0.3) is 5.91 Å². The highest BCUT2D eigenvalue weighted by Crippen LogP contribution is 2.38. The van der Waals surface area contributed by atoms with E-state index in [0.717, 1.165) is 5.57 Å². The molecule has 1 aromatic rings. The van der Waals surface area contributed by atoms with Gasteiger partial charge < -0.3 is 10.4 Å². The third-order valence-electron chi connectivity index (χ3n) is 2.80. The summed E-state index contributed by atoms with van der Waals surface area (Å²) in [6.45, 7) is 3.89. The number of hydrogen-bond acceptors (Lipinski definition) is 2. The van der Waals surface area contributed by atoms with Gasteiger partial charge in [-0.25, -0.2) is 0 Å². The summed E-state index contributed by atoms with van der Waals surface area (Å²) in [5.41, 5.74) is 1.05. The van der Waals surface area contributed by atoms with Crippen LogP contribution < -0.4 is 5.32 Å². The molecule has 0 unspecified atom stereocenters. The first-order valence-corrected chi connectivity index (χ1v) is 5.31. The molecule has 3 nitrogen and oxygen atoms in total. The maximum absolute atomic E-state index is 11.8. The lowest BCUT2D eigenvalue weighted by Gasteiger charge is -2.18. The summed E-state index contributed by atoms with van der Waals surface area (Å²) in [6.07, 6.45) is 2.19. The van der Waals surface area contributed by atoms with Gasteiger partial charge in [-0.3, -0.25) is 4.79 Å². The fourth-order valence-electron chi connectivity index (χ4n) is 1.86. The van der Waals surface area contributed by atoms with Crippen LogP contribution in [0.4, 0.5) is 5.69 Å². The maximum Gasteiger partial charge on any atom is 0.261 e. The van der Waals surface area contributed by atoms with Crippen LogP contribution in [0.15, 0.2) is 35.9 Å². The Balaban J connectivity index is 2.41. The van der Waals surface area contributed by atoms with E-state index < -0.39 is 5.60 Å². The molecule has 16 heavy (non-hydrogen) atoms. The predicted octanol–water partition coefficient (Wildman–Crippen LogP) is 2.18. The number of allylic oxidation sites excluding steroid dienone is 1. The second kappa shape index (κ2) is 3.76. The van der Waals surface area contributed by atoms with E-state index in [0.29, 0.717) is 17.7 Å². The standard InChI is InChI=1S/C13H15NO2/c1-9(2)7-8-13(16)10-5-3-4-6-11(10)14-12(13)15/h3-7,16H,8H2,1-2H3,(H,14,15)/t13-/m1/s1. The zero-order chi connectivity index (χ0) is 11.8. The fraction of sp³-hybridized carbons (Fsp3) is 0.308. The first kappa shape index (κ1) is 10.9. The van der Waals surface area contributed by atoms with Crippen molar-refractivity contribution in [2.75, 3.05) is 5.32 Å². The molecule has 1 atom stereocenters. The second-order valence-electron chi connectivity index (χ2n) is 4.35. The lowest BCUT2D eigenvalue weighted by molar-refractivity contribution is -0.133. The number of para-hydroxylation sites is 1. The van der Waals surface area contributed by atoms with Crippen LogP contribution in [0.25, 0.3) is 0 Å². The molecule has 2 rings (SSSR count). The minimum Gasteiger partial charge on any atom is -0.375 e. The normalized spacial score (nSPS) is 22.6. The number of nitrogens with one attached hydrogen (secondary N) is 1. The Morgan fingerprint density at radius 3 is 2.81 bits per heavy atom. The molecule has 0 aliphatic carbocycles. The number of carbonyl (C=O) groups is 1. The highest BCUT2D eigenvalue weighted by molar-refractivity contribution is 6.04. The van der Waals surface area contributed by atoms with Crippen molar-refractivity contribution < 1.29 is 9.90 Å². The lowest BCUT2D eigenvalue weighted by Crippen LogP contribution is -2.33. The zero-order valence-corrected chi connectivity index (χ0v) is 9.45. The lowest BCUT2D eigenvalue weighted by atomic mass is 9.91. The molecule has 1 aromatic carbocycles. The molecule has 0 saturated carbocycles. The van der Waals surface area contributed by atoms with Crippen molar-refractivity contribution in [2.45, 2.75) is 25.9 Å². The van der Waals surface area contributed by atoms with Crippen molar-refractivity contribution in [3.05, 3.63) is 41.5 Å². The molecule has 0 saturated heterocycles. The van der Waals surface area contributed by atoms with E-state index in [4.69, 9.17) is 0 Å². The molecule has 1 aliphatic rings. The van der Waals surface area contributed by atoms with Gasteiger partial charge in [0.1, 0.15) is 0 Å². The summed E-state index contributed by atoms with van der Waals surface area (Å²) < 4.78 is 0. The maximum atomic E-state index is 11.8. The topological polar surface area (TPSA) is 49.3 Å². The van der Waals surface area contributed by atoms with E-state index in [9.17, 15) is 9.90 Å². The Bertz CT molecular complexity index is 461. The zero-order valence-electron chi connectivity index (χ0n) is 9.45. The van der Waals surface area contributed by atoms with Crippen LogP contribution in [0.1, 0.15) is 25.8 Å². The highest BCUT2D eigenvalue weighted by Gasteiger charge is 2.43. The van der Waals surface area contributed by atoms with Crippen LogP contribution in [0.2, 0.25) is 0 Å². The van der Waals surface area contributed by atoms with Crippen LogP contribution in [0.5, 0.6) is 0 Å². The first-order valence-electron chi connectivity index (χ1n) is 5.31. The average Bonchev–Trinajstić information content (AvgIpc) is 2.50. The second-order valence-corrected chi connectivity index (χ2v) is 4.35. The van der Waals surface area contributed by atoms with Crippen LogP contribution in [-0.2, 0) is 10.4 Å². The van der Waals surface area contributed by atoms with Crippen molar-refractivity contribution in [3.63, 3.8) is 0 Å². The number of benzene rings is 1. The predicted molar refractivity (Wildman–Crippen MR) is 63.0 cm³/mol. The number of amides is 1. The Morgan fingerprint density at radius 1 is 1.44 bits per heavy atom. The van der Waals surface area contributed by atoms with Gasteiger partial charge in [0.05, 0.1) is 0 Å². The molecule has 1 heterocycles. The summed E-state index contributed by atoms with van der Waals surface area (Å²) >= 11 is 0. The van der Waals surface area contributed by atoms with Crippen LogP contribution >= 0.6 is 0 Å². The van der Waals surface area contributed by atoms with Crippen molar-refractivity contribution >= 4 is 11.6 Å². The van der Waals surface area contributed by atoms with Gasteiger partial charge in [-0.1, -0.05) is 29.8 Å². The molecule has 0 aromatic heterocycles. The van der Waals surface area contributed by atoms with Gasteiger partial charge in [-0.2, -0.15) is 0 Å². The fourth-order valence-corrected chi connectivity index (χ4v) is 1.86. The van der Waals surface area contributed by atoms with Crippen molar-refractivity contribution in [2.24, 2.45) is 0 Å². The Kier molecular flexibility index (Phi) is 2.56. The Hall–Kier alpha value is -1.61. The summed E-state index contributed by atoms with van der Waals surface area (Å²) in [7, 11) is 0. The van der Waals surface area contributed by atoms with Gasteiger partial charge in [0, 0.05) is 17.7 Å². The molecule has 3 heteroatoms. The Labute approximate surface area is 94.8 Å². The molecule has 1 aliphatic heterocycles. The molecular formula is C13H15NO2. The minimum atomic E-state index is -1.41. The molecule has 0 radical (unpaired) electrons. The van der Waals surface area contributed by atoms with Crippen LogP contribution in [0, 0.1) is 0 Å². The van der Waals surface area contributed by atoms with Crippen molar-refractivity contribution in [3.8, 4) is 0 Å². The third kappa shape index (κ3) is 1.63. The smallest absolute Gasteiger partial charge is 0.261 e. The number of rotatable bonds is 2. The largest absolute Gasteiger partial charge is 0.375 e. The number of fused-ring (bicyclic) bond motifs is 1. The summed E-state index contributed by atoms with van der Waals surface area (Å²) in [6, 6.07) is 7.25. The van der Waals surface area contributed by atoms with E-state index in [-0.39, 0.29) is 5.91 Å². The van der Waals surface area contributed by atoms with Crippen LogP contribution in [0.3, 0.4) is 0 Å². The summed E-state index contributed by atoms with van der Waals surface area (Å²) in [4.78, 5) is 11.8. The Morgan fingerprint density at radius 2 is 2.12 bits per heavy atom. The number of carbonyl (C=O) groups excluding carboxylic acids is 1. The third-order valence-corrected chi connectivity index (χ3v) is 2.80. The number of hydrogen-bond donors (Lipinski definition) is 2. The minimum absolute atomic E-state index is 0.318.